The first-order valence-electron chi connectivity index (χ1n) is 10.1. The minimum atomic E-state index is -0.323. The molecule has 1 N–H and O–H groups in total. The van der Waals surface area contributed by atoms with E-state index in [0.29, 0.717) is 18.5 Å². The molecule has 0 unspecified atom stereocenters. The van der Waals surface area contributed by atoms with Gasteiger partial charge in [0.05, 0.1) is 0 Å². The summed E-state index contributed by atoms with van der Waals surface area (Å²) in [6.45, 7) is 0.779. The number of hydrogen-bond donors (Lipinski definition) is 1. The predicted octanol–water partition coefficient (Wildman–Crippen LogP) is 4.55. The summed E-state index contributed by atoms with van der Waals surface area (Å²) in [7, 11) is 0. The number of para-hydroxylation sites is 1. The first-order valence-corrected chi connectivity index (χ1v) is 10.1. The van der Waals surface area contributed by atoms with Crippen LogP contribution in [0.1, 0.15) is 37.7 Å². The van der Waals surface area contributed by atoms with E-state index in [-0.39, 0.29) is 29.5 Å². The van der Waals surface area contributed by atoms with Crippen molar-refractivity contribution in [1.82, 2.24) is 0 Å². The van der Waals surface area contributed by atoms with Gasteiger partial charge < -0.3 is 10.2 Å². The Morgan fingerprint density at radius 2 is 1.61 bits per heavy atom. The zero-order valence-electron chi connectivity index (χ0n) is 15.9. The smallest absolute Gasteiger partial charge is 0.230 e. The van der Waals surface area contributed by atoms with E-state index in [0.717, 1.165) is 37.9 Å². The lowest BCUT2D eigenvalue weighted by molar-refractivity contribution is -0.126. The Bertz CT molecular complexity index is 857. The molecule has 0 aromatic heterocycles. The van der Waals surface area contributed by atoms with Crippen molar-refractivity contribution in [1.29, 1.82) is 0 Å². The number of rotatable bonds is 3. The number of fused-ring (bicyclic) bond motifs is 1. The van der Waals surface area contributed by atoms with Gasteiger partial charge >= 0.3 is 0 Å². The standard InChI is InChI=1S/C23H25FN2O2/c24-19-11-13-20(14-12-19)25-22(27)17-7-9-18(10-8-17)23(28)26-15-3-5-16-4-1-2-6-21(16)26/h1-2,4,6,11-14,17-18H,3,5,7-10,15H2,(H,25,27). The molecule has 1 saturated carbocycles. The number of benzene rings is 2. The highest BCUT2D eigenvalue weighted by molar-refractivity contribution is 5.97. The van der Waals surface area contributed by atoms with Gasteiger partial charge in [0.1, 0.15) is 5.82 Å². The quantitative estimate of drug-likeness (QED) is 0.849. The van der Waals surface area contributed by atoms with E-state index in [4.69, 9.17) is 0 Å². The van der Waals surface area contributed by atoms with Crippen molar-refractivity contribution in [2.75, 3.05) is 16.8 Å². The second-order valence-corrected chi connectivity index (χ2v) is 7.77. The van der Waals surface area contributed by atoms with Crippen molar-refractivity contribution in [3.8, 4) is 0 Å². The fourth-order valence-electron chi connectivity index (χ4n) is 4.36. The SMILES string of the molecule is O=C(Nc1ccc(F)cc1)C1CCC(C(=O)N2CCCc3ccccc32)CC1. The summed E-state index contributed by atoms with van der Waals surface area (Å²) in [6.07, 6.45) is 4.91. The average molecular weight is 380 g/mol. The first kappa shape index (κ1) is 18.7. The maximum Gasteiger partial charge on any atom is 0.230 e. The zero-order chi connectivity index (χ0) is 19.5. The summed E-state index contributed by atoms with van der Waals surface area (Å²) in [4.78, 5) is 27.5. The molecule has 1 heterocycles. The monoisotopic (exact) mass is 380 g/mol. The maximum atomic E-state index is 13.1. The lowest BCUT2D eigenvalue weighted by atomic mass is 9.80. The highest BCUT2D eigenvalue weighted by Crippen LogP contribution is 2.34. The maximum absolute atomic E-state index is 13.1. The van der Waals surface area contributed by atoms with E-state index < -0.39 is 0 Å². The molecule has 28 heavy (non-hydrogen) atoms. The second kappa shape index (κ2) is 8.13. The largest absolute Gasteiger partial charge is 0.326 e. The number of halogens is 1. The fraction of sp³-hybridized carbons (Fsp3) is 0.391. The molecule has 4 nitrogen and oxygen atoms in total. The molecule has 0 saturated heterocycles. The fourth-order valence-corrected chi connectivity index (χ4v) is 4.36. The van der Waals surface area contributed by atoms with E-state index in [9.17, 15) is 14.0 Å². The summed E-state index contributed by atoms with van der Waals surface area (Å²) in [5.74, 6) is -0.273. The van der Waals surface area contributed by atoms with Crippen LogP contribution < -0.4 is 10.2 Å². The van der Waals surface area contributed by atoms with Gasteiger partial charge in [-0.05, 0) is 74.4 Å². The molecule has 2 aliphatic rings. The van der Waals surface area contributed by atoms with Crippen molar-refractivity contribution >= 4 is 23.2 Å². The molecule has 2 aromatic carbocycles. The number of nitrogens with one attached hydrogen (secondary N) is 1. The number of carbonyl (C=O) groups excluding carboxylic acids is 2. The van der Waals surface area contributed by atoms with Gasteiger partial charge in [-0.2, -0.15) is 0 Å². The van der Waals surface area contributed by atoms with Crippen LogP contribution in [-0.4, -0.2) is 18.4 Å². The topological polar surface area (TPSA) is 49.4 Å². The average Bonchev–Trinajstić information content (AvgIpc) is 2.74. The van der Waals surface area contributed by atoms with Gasteiger partial charge in [-0.25, -0.2) is 4.39 Å². The van der Waals surface area contributed by atoms with Gasteiger partial charge in [0, 0.05) is 29.8 Å². The Morgan fingerprint density at radius 1 is 0.929 bits per heavy atom. The van der Waals surface area contributed by atoms with Crippen LogP contribution in [-0.2, 0) is 16.0 Å². The lowest BCUT2D eigenvalue weighted by Gasteiger charge is -2.34. The Morgan fingerprint density at radius 3 is 2.36 bits per heavy atom. The highest BCUT2D eigenvalue weighted by atomic mass is 19.1. The number of amides is 2. The molecule has 5 heteroatoms. The van der Waals surface area contributed by atoms with Crippen LogP contribution in [0.15, 0.2) is 48.5 Å². The van der Waals surface area contributed by atoms with Gasteiger partial charge in [-0.3, -0.25) is 9.59 Å². The van der Waals surface area contributed by atoms with Crippen LogP contribution >= 0.6 is 0 Å². The van der Waals surface area contributed by atoms with E-state index >= 15 is 0 Å². The Kier molecular flexibility index (Phi) is 5.42. The van der Waals surface area contributed by atoms with Crippen LogP contribution in [0.2, 0.25) is 0 Å². The van der Waals surface area contributed by atoms with Crippen molar-refractivity contribution in [3.05, 3.63) is 59.9 Å². The van der Waals surface area contributed by atoms with Crippen molar-refractivity contribution < 1.29 is 14.0 Å². The molecule has 0 atom stereocenters. The predicted molar refractivity (Wildman–Crippen MR) is 108 cm³/mol. The van der Waals surface area contributed by atoms with Crippen LogP contribution in [0.4, 0.5) is 15.8 Å². The molecule has 0 bridgehead atoms. The minimum Gasteiger partial charge on any atom is -0.326 e. The summed E-state index contributed by atoms with van der Waals surface area (Å²) < 4.78 is 13.0. The number of anilines is 2. The molecular weight excluding hydrogens is 355 g/mol. The van der Waals surface area contributed by atoms with Crippen LogP contribution in [0, 0.1) is 17.7 Å². The van der Waals surface area contributed by atoms with E-state index in [1.165, 1.54) is 17.7 Å². The molecule has 2 amide bonds. The number of nitrogens with zero attached hydrogens (tertiary/aromatic N) is 1. The summed E-state index contributed by atoms with van der Waals surface area (Å²) >= 11 is 0. The number of hydrogen-bond acceptors (Lipinski definition) is 2. The van der Waals surface area contributed by atoms with E-state index in [1.54, 1.807) is 12.1 Å². The summed E-state index contributed by atoms with van der Waals surface area (Å²) in [5.41, 5.74) is 2.90. The third kappa shape index (κ3) is 3.93. The van der Waals surface area contributed by atoms with Crippen molar-refractivity contribution in [2.45, 2.75) is 38.5 Å². The Labute approximate surface area is 164 Å². The lowest BCUT2D eigenvalue weighted by Crippen LogP contribution is -2.41. The molecule has 2 aromatic rings. The number of aryl methyl sites for hydroxylation is 1. The molecule has 1 aliphatic carbocycles. The van der Waals surface area contributed by atoms with Gasteiger partial charge in [-0.15, -0.1) is 0 Å². The van der Waals surface area contributed by atoms with Crippen LogP contribution in [0.3, 0.4) is 0 Å². The molecule has 0 spiro atoms. The van der Waals surface area contributed by atoms with Crippen LogP contribution in [0.5, 0.6) is 0 Å². The summed E-state index contributed by atoms with van der Waals surface area (Å²) in [5, 5.41) is 2.86. The summed E-state index contributed by atoms with van der Waals surface area (Å²) in [6, 6.07) is 14.0. The first-order chi connectivity index (χ1) is 13.6. The third-order valence-electron chi connectivity index (χ3n) is 5.94. The normalized spacial score (nSPS) is 21.7. The Balaban J connectivity index is 1.34. The minimum absolute atomic E-state index is 0.0129. The van der Waals surface area contributed by atoms with Crippen molar-refractivity contribution in [2.24, 2.45) is 11.8 Å². The van der Waals surface area contributed by atoms with Crippen LogP contribution in [0.25, 0.3) is 0 Å². The Hall–Kier alpha value is -2.69. The third-order valence-corrected chi connectivity index (χ3v) is 5.94. The molecule has 1 fully saturated rings. The van der Waals surface area contributed by atoms with Gasteiger partial charge in [0.2, 0.25) is 11.8 Å². The molecule has 146 valence electrons. The van der Waals surface area contributed by atoms with E-state index in [1.807, 2.05) is 23.1 Å². The van der Waals surface area contributed by atoms with E-state index in [2.05, 4.69) is 11.4 Å². The molecule has 1 aliphatic heterocycles. The van der Waals surface area contributed by atoms with Gasteiger partial charge in [0.25, 0.3) is 0 Å². The highest BCUT2D eigenvalue weighted by Gasteiger charge is 2.33. The van der Waals surface area contributed by atoms with Crippen molar-refractivity contribution in [3.63, 3.8) is 0 Å². The van der Waals surface area contributed by atoms with Gasteiger partial charge in [0.15, 0.2) is 0 Å². The number of carbonyl (C=O) groups is 2. The zero-order valence-corrected chi connectivity index (χ0v) is 15.9. The van der Waals surface area contributed by atoms with Gasteiger partial charge in [-0.1, -0.05) is 18.2 Å². The molecule has 0 radical (unpaired) electrons. The second-order valence-electron chi connectivity index (χ2n) is 7.77. The molecule has 4 rings (SSSR count). The molecular formula is C23H25FN2O2.